The molecule has 0 fully saturated rings. The maximum absolute atomic E-state index is 12.6. The number of hydrogen-bond acceptors (Lipinski definition) is 7. The number of ether oxygens (including phenoxy) is 2. The fourth-order valence-electron chi connectivity index (χ4n) is 5.57. The lowest BCUT2D eigenvalue weighted by atomic mass is 10.1. The van der Waals surface area contributed by atoms with Crippen LogP contribution in [0.3, 0.4) is 0 Å². The van der Waals surface area contributed by atoms with Crippen LogP contribution in [0.2, 0.25) is 0 Å². The Morgan fingerprint density at radius 1 is 0.554 bits per heavy atom. The Bertz CT molecular complexity index is 1140. The molecule has 2 atom stereocenters. The number of rotatable bonds is 39. The van der Waals surface area contributed by atoms with Crippen LogP contribution in [0.5, 0.6) is 0 Å². The van der Waals surface area contributed by atoms with Crippen LogP contribution in [0.15, 0.2) is 60.8 Å². The monoisotopic (exact) mass is 809 g/mol. The van der Waals surface area contributed by atoms with Gasteiger partial charge in [-0.25, -0.2) is 4.57 Å². The Morgan fingerprint density at radius 3 is 1.48 bits per heavy atom. The zero-order valence-electron chi connectivity index (χ0n) is 36.3. The number of likely N-dealkylation sites (N-methyl/N-ethyl adjacent to an activating group) is 1. The molecule has 0 spiro atoms. The molecule has 0 saturated carbocycles. The maximum Gasteiger partial charge on any atom is 0.472 e. The van der Waals surface area contributed by atoms with Crippen molar-refractivity contribution < 1.29 is 42.1 Å². The molecule has 0 radical (unpaired) electrons. The zero-order valence-corrected chi connectivity index (χ0v) is 37.2. The molecule has 0 aliphatic rings. The van der Waals surface area contributed by atoms with Crippen molar-refractivity contribution in [3.8, 4) is 0 Å². The van der Waals surface area contributed by atoms with Crippen molar-refractivity contribution in [2.45, 2.75) is 174 Å². The van der Waals surface area contributed by atoms with E-state index < -0.39 is 32.5 Å². The van der Waals surface area contributed by atoms with Crippen molar-refractivity contribution in [3.05, 3.63) is 60.8 Å². The number of carbonyl (C=O) groups is 2. The van der Waals surface area contributed by atoms with Crippen LogP contribution in [0, 0.1) is 0 Å². The van der Waals surface area contributed by atoms with Crippen LogP contribution in [-0.4, -0.2) is 74.9 Å². The first kappa shape index (κ1) is 53.7. The maximum atomic E-state index is 12.6. The van der Waals surface area contributed by atoms with Gasteiger partial charge in [-0.2, -0.15) is 0 Å². The van der Waals surface area contributed by atoms with Crippen molar-refractivity contribution in [2.75, 3.05) is 47.5 Å². The van der Waals surface area contributed by atoms with Crippen LogP contribution in [-0.2, 0) is 32.7 Å². The van der Waals surface area contributed by atoms with E-state index in [1.165, 1.54) is 96.3 Å². The fourth-order valence-corrected chi connectivity index (χ4v) is 6.31. The summed E-state index contributed by atoms with van der Waals surface area (Å²) < 4.78 is 34.1. The molecule has 10 heteroatoms. The molecule has 324 valence electrons. The number of hydrogen-bond donors (Lipinski definition) is 1. The molecule has 0 aromatic rings. The number of carbonyl (C=O) groups excluding carboxylic acids is 2. The number of phosphoric ester groups is 1. The van der Waals surface area contributed by atoms with Crippen LogP contribution < -0.4 is 0 Å². The van der Waals surface area contributed by atoms with E-state index in [1.54, 1.807) is 0 Å². The topological polar surface area (TPSA) is 108 Å². The predicted molar refractivity (Wildman–Crippen MR) is 233 cm³/mol. The Morgan fingerprint density at radius 2 is 0.964 bits per heavy atom. The molecule has 0 aliphatic carbocycles. The third kappa shape index (κ3) is 41.3. The number of unbranched alkanes of at least 4 members (excludes halogenated alkanes) is 15. The summed E-state index contributed by atoms with van der Waals surface area (Å²) in [4.78, 5) is 35.3. The number of quaternary nitrogens is 1. The summed E-state index contributed by atoms with van der Waals surface area (Å²) in [5.41, 5.74) is 0. The first-order chi connectivity index (χ1) is 27.0. The quantitative estimate of drug-likeness (QED) is 0.0215. The van der Waals surface area contributed by atoms with E-state index in [-0.39, 0.29) is 26.1 Å². The van der Waals surface area contributed by atoms with Gasteiger partial charge in [0, 0.05) is 12.8 Å². The smallest absolute Gasteiger partial charge is 0.462 e. The van der Waals surface area contributed by atoms with Gasteiger partial charge >= 0.3 is 19.8 Å². The van der Waals surface area contributed by atoms with Gasteiger partial charge in [0.25, 0.3) is 0 Å². The summed E-state index contributed by atoms with van der Waals surface area (Å²) >= 11 is 0. The first-order valence-electron chi connectivity index (χ1n) is 22.0. The van der Waals surface area contributed by atoms with Crippen molar-refractivity contribution >= 4 is 19.8 Å². The standard InChI is InChI=1S/C46H82NO8P/c1-6-8-10-12-14-16-18-20-22-23-25-27-29-31-33-35-37-39-46(49)55-44(43-54-56(50,51)53-41-40-47(3,4)5)42-52-45(48)38-36-34-32-30-28-26-24-21-19-17-15-13-11-9-7-2/h16,18,22-23,27,29,32-35,44H,6-15,17,19-21,24-26,28,30-31,36-43H2,1-5H3/p+1/b18-16-,23-22-,29-27-,34-32-,35-33-. The highest BCUT2D eigenvalue weighted by atomic mass is 31.2. The average Bonchev–Trinajstić information content (AvgIpc) is 3.15. The number of nitrogens with zero attached hydrogens (tertiary/aromatic N) is 1. The highest BCUT2D eigenvalue weighted by Gasteiger charge is 2.27. The molecule has 0 heterocycles. The van der Waals surface area contributed by atoms with E-state index in [0.717, 1.165) is 32.1 Å². The Balaban J connectivity index is 4.53. The Labute approximate surface area is 343 Å². The summed E-state index contributed by atoms with van der Waals surface area (Å²) in [7, 11) is 1.41. The van der Waals surface area contributed by atoms with E-state index in [1.807, 2.05) is 39.4 Å². The Hall–Kier alpha value is -2.29. The van der Waals surface area contributed by atoms with E-state index >= 15 is 0 Å². The minimum atomic E-state index is -4.40. The van der Waals surface area contributed by atoms with Crippen LogP contribution in [0.4, 0.5) is 0 Å². The van der Waals surface area contributed by atoms with Gasteiger partial charge in [0.15, 0.2) is 6.10 Å². The largest absolute Gasteiger partial charge is 0.472 e. The van der Waals surface area contributed by atoms with Gasteiger partial charge in [0.2, 0.25) is 0 Å². The SMILES string of the molecule is CCCCCC/C=C\C/C=C\C/C=C\C/C=C\CCC(=O)OC(COC(=O)CC/C=C\CCCCCCCCCCCCC)COP(=O)(O)OCC[N+](C)(C)C. The highest BCUT2D eigenvalue weighted by Crippen LogP contribution is 2.43. The molecule has 1 N–H and O–H groups in total. The summed E-state index contributed by atoms with van der Waals surface area (Å²) in [6.07, 6.45) is 45.8. The summed E-state index contributed by atoms with van der Waals surface area (Å²) in [6, 6.07) is 0. The molecule has 0 saturated heterocycles. The number of phosphoric acid groups is 1. The van der Waals surface area contributed by atoms with Crippen LogP contribution >= 0.6 is 7.82 Å². The molecule has 0 rings (SSSR count). The summed E-state index contributed by atoms with van der Waals surface area (Å²) in [5.74, 6) is -0.952. The number of esters is 2. The molecule has 2 unspecified atom stereocenters. The van der Waals surface area contributed by atoms with Crippen LogP contribution in [0.1, 0.15) is 168 Å². The van der Waals surface area contributed by atoms with Gasteiger partial charge in [-0.1, -0.05) is 158 Å². The van der Waals surface area contributed by atoms with Gasteiger partial charge in [-0.05, 0) is 57.8 Å². The van der Waals surface area contributed by atoms with Gasteiger partial charge in [-0.3, -0.25) is 18.6 Å². The fraction of sp³-hybridized carbons (Fsp3) is 0.739. The lowest BCUT2D eigenvalue weighted by Gasteiger charge is -2.24. The molecule has 0 aromatic heterocycles. The highest BCUT2D eigenvalue weighted by molar-refractivity contribution is 7.47. The van der Waals surface area contributed by atoms with Crippen molar-refractivity contribution in [1.82, 2.24) is 0 Å². The molecule has 56 heavy (non-hydrogen) atoms. The summed E-state index contributed by atoms with van der Waals surface area (Å²) in [5, 5.41) is 0. The van der Waals surface area contributed by atoms with Crippen molar-refractivity contribution in [1.29, 1.82) is 0 Å². The molecule has 0 bridgehead atoms. The van der Waals surface area contributed by atoms with E-state index in [2.05, 4.69) is 56.4 Å². The zero-order chi connectivity index (χ0) is 41.4. The first-order valence-corrected chi connectivity index (χ1v) is 23.5. The minimum absolute atomic E-state index is 0.0125. The Kier molecular flexibility index (Phi) is 36.7. The van der Waals surface area contributed by atoms with Crippen molar-refractivity contribution in [3.63, 3.8) is 0 Å². The lowest BCUT2D eigenvalue weighted by Crippen LogP contribution is -2.37. The molecular formula is C46H83NO8P+. The van der Waals surface area contributed by atoms with Gasteiger partial charge in [0.1, 0.15) is 19.8 Å². The van der Waals surface area contributed by atoms with Crippen molar-refractivity contribution in [2.24, 2.45) is 0 Å². The van der Waals surface area contributed by atoms with Gasteiger partial charge in [-0.15, -0.1) is 0 Å². The van der Waals surface area contributed by atoms with Crippen LogP contribution in [0.25, 0.3) is 0 Å². The second-order valence-electron chi connectivity index (χ2n) is 15.7. The van der Waals surface area contributed by atoms with E-state index in [0.29, 0.717) is 23.9 Å². The van der Waals surface area contributed by atoms with Gasteiger partial charge in [0.05, 0.1) is 27.7 Å². The third-order valence-electron chi connectivity index (χ3n) is 9.05. The second kappa shape index (κ2) is 38.2. The second-order valence-corrected chi connectivity index (χ2v) is 17.2. The lowest BCUT2D eigenvalue weighted by molar-refractivity contribution is -0.870. The minimum Gasteiger partial charge on any atom is -0.462 e. The molecule has 0 amide bonds. The van der Waals surface area contributed by atoms with E-state index in [4.69, 9.17) is 18.5 Å². The molecular weight excluding hydrogens is 725 g/mol. The number of allylic oxidation sites excluding steroid dienone is 10. The normalized spacial score (nSPS) is 14.2. The molecule has 9 nitrogen and oxygen atoms in total. The van der Waals surface area contributed by atoms with E-state index in [9.17, 15) is 19.0 Å². The molecule has 0 aliphatic heterocycles. The predicted octanol–water partition coefficient (Wildman–Crippen LogP) is 12.5. The third-order valence-corrected chi connectivity index (χ3v) is 10.0. The molecule has 0 aromatic carbocycles. The summed E-state index contributed by atoms with van der Waals surface area (Å²) in [6.45, 7) is 4.27. The van der Waals surface area contributed by atoms with Gasteiger partial charge < -0.3 is 18.9 Å². The average molecular weight is 809 g/mol.